The third-order valence-electron chi connectivity index (χ3n) is 5.36. The number of benzene rings is 4. The van der Waals surface area contributed by atoms with E-state index in [4.69, 9.17) is 27.9 Å². The van der Waals surface area contributed by atoms with Gasteiger partial charge in [-0.05, 0) is 48.2 Å². The van der Waals surface area contributed by atoms with Gasteiger partial charge in [0.1, 0.15) is 22.0 Å². The molecule has 0 aromatic heterocycles. The number of hydrogen-bond donors (Lipinski definition) is 3. The van der Waals surface area contributed by atoms with Crippen LogP contribution in [0.2, 0.25) is 10.0 Å². The van der Waals surface area contributed by atoms with Crippen molar-refractivity contribution in [2.75, 3.05) is 12.4 Å². The topological polar surface area (TPSA) is 138 Å². The second-order valence-electron chi connectivity index (χ2n) is 7.91. The van der Waals surface area contributed by atoms with Gasteiger partial charge in [0.25, 0.3) is 16.0 Å². The summed E-state index contributed by atoms with van der Waals surface area (Å²) in [5.74, 6) is -0.751. The number of aryl methyl sites for hydroxylation is 1. The highest BCUT2D eigenvalue weighted by Gasteiger charge is 2.22. The lowest BCUT2D eigenvalue weighted by Crippen LogP contribution is -2.12. The van der Waals surface area contributed by atoms with Gasteiger partial charge >= 0.3 is 0 Å². The molecule has 9 nitrogen and oxygen atoms in total. The van der Waals surface area contributed by atoms with Crippen LogP contribution in [0.15, 0.2) is 75.8 Å². The molecule has 0 bridgehead atoms. The summed E-state index contributed by atoms with van der Waals surface area (Å²) in [6.45, 7) is 1.59. The van der Waals surface area contributed by atoms with Crippen LogP contribution in [-0.2, 0) is 10.1 Å². The van der Waals surface area contributed by atoms with Gasteiger partial charge < -0.3 is 15.2 Å². The number of aromatic hydroxyl groups is 1. The molecule has 0 spiro atoms. The zero-order valence-corrected chi connectivity index (χ0v) is 21.7. The van der Waals surface area contributed by atoms with Crippen molar-refractivity contribution in [3.63, 3.8) is 0 Å². The van der Waals surface area contributed by atoms with Gasteiger partial charge in [-0.15, -0.1) is 10.2 Å². The summed E-state index contributed by atoms with van der Waals surface area (Å²) in [6.07, 6.45) is 0. The SMILES string of the molecule is COc1ccc(Cl)c(NC(=O)c2cc3ccccc3c(N=Nc3c(Cl)cc(C)cc3S(=O)(=O)O)c2O)c1. The number of anilines is 1. The number of ether oxygens (including phenoxy) is 1. The van der Waals surface area contributed by atoms with Gasteiger partial charge in [0.2, 0.25) is 0 Å². The Kier molecular flexibility index (Phi) is 7.37. The van der Waals surface area contributed by atoms with Gasteiger partial charge in [0.05, 0.1) is 28.4 Å². The summed E-state index contributed by atoms with van der Waals surface area (Å²) in [7, 11) is -3.22. The average Bonchev–Trinajstić information content (AvgIpc) is 2.84. The average molecular weight is 560 g/mol. The first-order valence-electron chi connectivity index (χ1n) is 10.6. The van der Waals surface area contributed by atoms with E-state index in [0.29, 0.717) is 22.1 Å². The molecule has 0 saturated carbocycles. The Morgan fingerprint density at radius 1 is 0.973 bits per heavy atom. The molecule has 0 unspecified atom stereocenters. The van der Waals surface area contributed by atoms with Crippen LogP contribution in [0.1, 0.15) is 15.9 Å². The molecule has 3 N–H and O–H groups in total. The summed E-state index contributed by atoms with van der Waals surface area (Å²) in [4.78, 5) is 12.6. The molecule has 4 rings (SSSR count). The molecule has 0 atom stereocenters. The number of methoxy groups -OCH3 is 1. The van der Waals surface area contributed by atoms with Gasteiger partial charge in [-0.1, -0.05) is 47.5 Å². The maximum atomic E-state index is 13.2. The highest BCUT2D eigenvalue weighted by molar-refractivity contribution is 7.86. The van der Waals surface area contributed by atoms with E-state index in [1.165, 1.54) is 31.4 Å². The number of fused-ring (bicyclic) bond motifs is 1. The van der Waals surface area contributed by atoms with Crippen molar-refractivity contribution in [3.05, 3.63) is 81.8 Å². The molecular weight excluding hydrogens is 541 g/mol. The van der Waals surface area contributed by atoms with Crippen molar-refractivity contribution in [3.8, 4) is 11.5 Å². The molecule has 0 radical (unpaired) electrons. The molecule has 1 amide bonds. The zero-order chi connectivity index (χ0) is 26.9. The lowest BCUT2D eigenvalue weighted by atomic mass is 10.0. The molecule has 0 aliphatic carbocycles. The van der Waals surface area contributed by atoms with E-state index in [-0.39, 0.29) is 32.7 Å². The molecule has 12 heteroatoms. The first-order chi connectivity index (χ1) is 17.5. The van der Waals surface area contributed by atoms with Crippen molar-refractivity contribution in [1.29, 1.82) is 0 Å². The summed E-state index contributed by atoms with van der Waals surface area (Å²) in [5, 5.41) is 22.8. The Morgan fingerprint density at radius 2 is 1.68 bits per heavy atom. The van der Waals surface area contributed by atoms with E-state index < -0.39 is 26.7 Å². The minimum absolute atomic E-state index is 0.0817. The van der Waals surface area contributed by atoms with Gasteiger partial charge in [0, 0.05) is 11.5 Å². The van der Waals surface area contributed by atoms with Crippen LogP contribution in [0.5, 0.6) is 11.5 Å². The lowest BCUT2D eigenvalue weighted by Gasteiger charge is -2.13. The second kappa shape index (κ2) is 10.3. The van der Waals surface area contributed by atoms with Crippen molar-refractivity contribution in [2.45, 2.75) is 11.8 Å². The van der Waals surface area contributed by atoms with Crippen LogP contribution >= 0.6 is 23.2 Å². The molecule has 0 fully saturated rings. The third kappa shape index (κ3) is 5.52. The number of nitrogens with one attached hydrogen (secondary N) is 1. The monoisotopic (exact) mass is 559 g/mol. The number of carbonyl (C=O) groups is 1. The first kappa shape index (κ1) is 26.4. The van der Waals surface area contributed by atoms with Crippen LogP contribution in [0.4, 0.5) is 17.1 Å². The summed E-state index contributed by atoms with van der Waals surface area (Å²) < 4.78 is 38.6. The normalized spacial score (nSPS) is 11.7. The van der Waals surface area contributed by atoms with E-state index >= 15 is 0 Å². The largest absolute Gasteiger partial charge is 0.505 e. The molecule has 0 aliphatic rings. The highest BCUT2D eigenvalue weighted by Crippen LogP contribution is 2.42. The van der Waals surface area contributed by atoms with E-state index in [0.717, 1.165) is 0 Å². The fourth-order valence-electron chi connectivity index (χ4n) is 3.61. The lowest BCUT2D eigenvalue weighted by molar-refractivity contribution is 0.102. The highest BCUT2D eigenvalue weighted by atomic mass is 35.5. The van der Waals surface area contributed by atoms with Crippen molar-refractivity contribution < 1.29 is 27.6 Å². The quantitative estimate of drug-likeness (QED) is 0.170. The maximum absolute atomic E-state index is 13.2. The minimum Gasteiger partial charge on any atom is -0.505 e. The number of nitrogens with zero attached hydrogens (tertiary/aromatic N) is 2. The number of hydrogen-bond acceptors (Lipinski definition) is 7. The van der Waals surface area contributed by atoms with Crippen LogP contribution in [0.3, 0.4) is 0 Å². The van der Waals surface area contributed by atoms with Crippen LogP contribution in [0, 0.1) is 6.92 Å². The van der Waals surface area contributed by atoms with Crippen LogP contribution in [-0.4, -0.2) is 31.1 Å². The molecule has 0 saturated heterocycles. The number of azo groups is 1. The van der Waals surface area contributed by atoms with Crippen molar-refractivity contribution >= 4 is 67.1 Å². The Hall–Kier alpha value is -3.70. The minimum atomic E-state index is -4.69. The Morgan fingerprint density at radius 3 is 2.38 bits per heavy atom. The summed E-state index contributed by atoms with van der Waals surface area (Å²) in [5.41, 5.74) is 0.149. The summed E-state index contributed by atoms with van der Waals surface area (Å²) in [6, 6.07) is 15.6. The Labute approximate surface area is 222 Å². The standard InChI is InChI=1S/C25H19Cl2N3O6S/c1-13-9-19(27)23(21(10-13)37(33,34)35)30-29-22-16-6-4-3-5-14(16)11-17(24(22)31)25(32)28-20-12-15(36-2)7-8-18(20)26/h3-12,31H,1-2H3,(H,28,32)(H,33,34,35). The molecule has 37 heavy (non-hydrogen) atoms. The first-order valence-corrected chi connectivity index (χ1v) is 12.8. The van der Waals surface area contributed by atoms with Crippen LogP contribution < -0.4 is 10.1 Å². The van der Waals surface area contributed by atoms with E-state index in [1.54, 1.807) is 43.3 Å². The second-order valence-corrected chi connectivity index (χ2v) is 10.1. The molecule has 0 aliphatic heterocycles. The smallest absolute Gasteiger partial charge is 0.296 e. The van der Waals surface area contributed by atoms with E-state index in [2.05, 4.69) is 15.5 Å². The molecule has 0 heterocycles. The Balaban J connectivity index is 1.85. The van der Waals surface area contributed by atoms with Gasteiger partial charge in [-0.2, -0.15) is 8.42 Å². The molecule has 4 aromatic rings. The number of phenols is 1. The van der Waals surface area contributed by atoms with Gasteiger partial charge in [-0.25, -0.2) is 0 Å². The fraction of sp³-hybridized carbons (Fsp3) is 0.0800. The molecule has 190 valence electrons. The summed E-state index contributed by atoms with van der Waals surface area (Å²) >= 11 is 12.4. The maximum Gasteiger partial charge on any atom is 0.296 e. The van der Waals surface area contributed by atoms with Gasteiger partial charge in [0.15, 0.2) is 5.75 Å². The number of phenolic OH excluding ortho intramolecular Hbond substituents is 1. The predicted molar refractivity (Wildman–Crippen MR) is 142 cm³/mol. The van der Waals surface area contributed by atoms with Crippen molar-refractivity contribution in [1.82, 2.24) is 0 Å². The van der Waals surface area contributed by atoms with Crippen molar-refractivity contribution in [2.24, 2.45) is 10.2 Å². The van der Waals surface area contributed by atoms with E-state index in [9.17, 15) is 22.9 Å². The zero-order valence-electron chi connectivity index (χ0n) is 19.4. The molecule has 4 aromatic carbocycles. The fourth-order valence-corrected chi connectivity index (χ4v) is 4.87. The number of amides is 1. The molecular formula is C25H19Cl2N3O6S. The van der Waals surface area contributed by atoms with Crippen LogP contribution in [0.25, 0.3) is 10.8 Å². The third-order valence-corrected chi connectivity index (χ3v) is 6.85. The van der Waals surface area contributed by atoms with E-state index in [1.807, 2.05) is 0 Å². The number of halogens is 2. The van der Waals surface area contributed by atoms with Gasteiger partial charge in [-0.3, -0.25) is 9.35 Å². The predicted octanol–water partition coefficient (Wildman–Crippen LogP) is 7.08. The number of rotatable bonds is 6. The Bertz CT molecular complexity index is 1690. The number of carbonyl (C=O) groups excluding carboxylic acids is 1.